The molecule has 0 bridgehead atoms. The van der Waals surface area contributed by atoms with Gasteiger partial charge in [0.2, 0.25) is 5.91 Å². The third-order valence-electron chi connectivity index (χ3n) is 4.04. The molecular formula is C20H31NO3S. The molecule has 25 heavy (non-hydrogen) atoms. The summed E-state index contributed by atoms with van der Waals surface area (Å²) in [5, 5.41) is 3.12. The van der Waals surface area contributed by atoms with Crippen LogP contribution in [0.2, 0.25) is 0 Å². The van der Waals surface area contributed by atoms with Gasteiger partial charge in [0, 0.05) is 12.2 Å². The zero-order valence-corrected chi connectivity index (χ0v) is 17.0. The van der Waals surface area contributed by atoms with E-state index in [1.165, 1.54) is 24.4 Å². The summed E-state index contributed by atoms with van der Waals surface area (Å²) in [6, 6.07) is 8.49. The van der Waals surface area contributed by atoms with Crippen molar-refractivity contribution in [1.82, 2.24) is 5.32 Å². The molecule has 0 aliphatic carbocycles. The highest BCUT2D eigenvalue weighted by Gasteiger charge is 2.20. The fourth-order valence-corrected chi connectivity index (χ4v) is 3.21. The molecule has 1 rings (SSSR count). The molecule has 1 aromatic carbocycles. The van der Waals surface area contributed by atoms with Crippen molar-refractivity contribution < 1.29 is 14.3 Å². The van der Waals surface area contributed by atoms with E-state index in [2.05, 4.69) is 68.9 Å². The molecule has 0 radical (unpaired) electrons. The smallest absolute Gasteiger partial charge is 0.315 e. The first-order chi connectivity index (χ1) is 11.6. The number of amides is 1. The topological polar surface area (TPSA) is 55.4 Å². The van der Waals surface area contributed by atoms with Crippen molar-refractivity contribution in [2.75, 3.05) is 18.6 Å². The van der Waals surface area contributed by atoms with E-state index in [9.17, 15) is 9.59 Å². The van der Waals surface area contributed by atoms with E-state index < -0.39 is 0 Å². The number of methoxy groups -OCH3 is 1. The molecular weight excluding hydrogens is 334 g/mol. The number of carbonyl (C=O) groups is 2. The Hall–Kier alpha value is -1.49. The van der Waals surface area contributed by atoms with Crippen molar-refractivity contribution in [2.24, 2.45) is 5.92 Å². The van der Waals surface area contributed by atoms with Gasteiger partial charge >= 0.3 is 5.97 Å². The average molecular weight is 366 g/mol. The molecule has 1 atom stereocenters. The highest BCUT2D eigenvalue weighted by atomic mass is 32.2. The van der Waals surface area contributed by atoms with E-state index >= 15 is 0 Å². The van der Waals surface area contributed by atoms with Crippen LogP contribution in [-0.4, -0.2) is 30.5 Å². The number of carbonyl (C=O) groups excluding carboxylic acids is 2. The van der Waals surface area contributed by atoms with Crippen LogP contribution >= 0.6 is 11.8 Å². The number of hydrogen-bond donors (Lipinski definition) is 1. The minimum atomic E-state index is -0.260. The molecule has 0 fully saturated rings. The first-order valence-electron chi connectivity index (χ1n) is 8.69. The number of rotatable bonds is 8. The fraction of sp³-hybridized carbons (Fsp3) is 0.600. The largest absolute Gasteiger partial charge is 0.468 e. The quantitative estimate of drug-likeness (QED) is 0.557. The minimum Gasteiger partial charge on any atom is -0.468 e. The summed E-state index contributed by atoms with van der Waals surface area (Å²) in [6.45, 7) is 10.8. The zero-order valence-electron chi connectivity index (χ0n) is 16.2. The summed E-state index contributed by atoms with van der Waals surface area (Å²) in [5.41, 5.74) is 2.52. The van der Waals surface area contributed by atoms with Crippen LogP contribution in [0.15, 0.2) is 24.3 Å². The molecule has 0 aromatic heterocycles. The zero-order chi connectivity index (χ0) is 19.0. The Morgan fingerprint density at radius 3 is 2.24 bits per heavy atom. The third kappa shape index (κ3) is 7.51. The molecule has 0 heterocycles. The lowest BCUT2D eigenvalue weighted by Crippen LogP contribution is -2.32. The van der Waals surface area contributed by atoms with Crippen molar-refractivity contribution in [1.29, 1.82) is 0 Å². The molecule has 1 N–H and O–H groups in total. The van der Waals surface area contributed by atoms with Gasteiger partial charge in [-0.1, -0.05) is 58.9 Å². The maximum Gasteiger partial charge on any atom is 0.315 e. The summed E-state index contributed by atoms with van der Waals surface area (Å²) in [7, 11) is 1.37. The van der Waals surface area contributed by atoms with Gasteiger partial charge in [0.05, 0.1) is 18.9 Å². The average Bonchev–Trinajstić information content (AvgIpc) is 2.55. The van der Waals surface area contributed by atoms with Crippen molar-refractivity contribution in [2.45, 2.75) is 52.5 Å². The van der Waals surface area contributed by atoms with E-state index in [1.807, 2.05) is 0 Å². The Balaban J connectivity index is 2.62. The van der Waals surface area contributed by atoms with Gasteiger partial charge in [-0.2, -0.15) is 0 Å². The summed E-state index contributed by atoms with van der Waals surface area (Å²) in [4.78, 5) is 23.3. The molecule has 0 aliphatic heterocycles. The predicted octanol–water partition coefficient (Wildman–Crippen LogP) is 4.09. The van der Waals surface area contributed by atoms with E-state index in [4.69, 9.17) is 0 Å². The van der Waals surface area contributed by atoms with Crippen LogP contribution in [0.25, 0.3) is 0 Å². The normalized spacial score (nSPS) is 12.8. The molecule has 1 aromatic rings. The maximum absolute atomic E-state index is 12.2. The SMILES string of the molecule is COC(=O)CSCCC(=O)NC(c1ccc(C(C)(C)C)cc1)C(C)C. The Bertz CT molecular complexity index is 561. The van der Waals surface area contributed by atoms with Gasteiger partial charge in [0.25, 0.3) is 0 Å². The standard InChI is InChI=1S/C20H31NO3S/c1-14(2)19(15-7-9-16(10-8-15)20(3,4)5)21-17(22)11-12-25-13-18(23)24-6/h7-10,14,19H,11-13H2,1-6H3,(H,21,22). The lowest BCUT2D eigenvalue weighted by atomic mass is 9.85. The highest BCUT2D eigenvalue weighted by Crippen LogP contribution is 2.26. The highest BCUT2D eigenvalue weighted by molar-refractivity contribution is 7.99. The van der Waals surface area contributed by atoms with Crippen LogP contribution < -0.4 is 5.32 Å². The summed E-state index contributed by atoms with van der Waals surface area (Å²) >= 11 is 1.41. The fourth-order valence-electron chi connectivity index (χ4n) is 2.45. The van der Waals surface area contributed by atoms with Crippen molar-refractivity contribution in [3.8, 4) is 0 Å². The second kappa shape index (κ2) is 9.85. The molecule has 0 saturated carbocycles. The minimum absolute atomic E-state index is 0.00729. The number of nitrogens with one attached hydrogen (secondary N) is 1. The van der Waals surface area contributed by atoms with Crippen LogP contribution in [0.5, 0.6) is 0 Å². The number of thioether (sulfide) groups is 1. The van der Waals surface area contributed by atoms with Gasteiger partial charge in [0.1, 0.15) is 0 Å². The Kier molecular flexibility index (Phi) is 8.50. The van der Waals surface area contributed by atoms with Gasteiger partial charge in [-0.25, -0.2) is 0 Å². The lowest BCUT2D eigenvalue weighted by molar-refractivity contribution is -0.137. The molecule has 5 heteroatoms. The second-order valence-corrected chi connectivity index (χ2v) is 8.65. The van der Waals surface area contributed by atoms with Gasteiger partial charge < -0.3 is 10.1 Å². The molecule has 4 nitrogen and oxygen atoms in total. The monoisotopic (exact) mass is 365 g/mol. The number of ether oxygens (including phenoxy) is 1. The Labute approximate surface area is 156 Å². The van der Waals surface area contributed by atoms with Crippen LogP contribution in [0, 0.1) is 5.92 Å². The third-order valence-corrected chi connectivity index (χ3v) is 4.97. The molecule has 0 spiro atoms. The van der Waals surface area contributed by atoms with Crippen LogP contribution in [0.1, 0.15) is 58.2 Å². The lowest BCUT2D eigenvalue weighted by Gasteiger charge is -2.25. The van der Waals surface area contributed by atoms with E-state index in [1.54, 1.807) is 0 Å². The Morgan fingerprint density at radius 2 is 1.76 bits per heavy atom. The van der Waals surface area contributed by atoms with E-state index in [0.717, 1.165) is 5.56 Å². The van der Waals surface area contributed by atoms with Crippen molar-refractivity contribution in [3.63, 3.8) is 0 Å². The second-order valence-electron chi connectivity index (χ2n) is 7.54. The molecule has 0 saturated heterocycles. The van der Waals surface area contributed by atoms with E-state index in [-0.39, 0.29) is 29.1 Å². The molecule has 140 valence electrons. The molecule has 1 unspecified atom stereocenters. The van der Waals surface area contributed by atoms with Gasteiger partial charge in [-0.05, 0) is 22.5 Å². The van der Waals surface area contributed by atoms with Gasteiger partial charge in [-0.3, -0.25) is 9.59 Å². The number of benzene rings is 1. The summed E-state index contributed by atoms with van der Waals surface area (Å²) < 4.78 is 4.58. The number of esters is 1. The number of hydrogen-bond acceptors (Lipinski definition) is 4. The van der Waals surface area contributed by atoms with Crippen molar-refractivity contribution >= 4 is 23.6 Å². The maximum atomic E-state index is 12.2. The molecule has 1 amide bonds. The van der Waals surface area contributed by atoms with E-state index in [0.29, 0.717) is 18.1 Å². The van der Waals surface area contributed by atoms with Crippen LogP contribution in [0.3, 0.4) is 0 Å². The summed E-state index contributed by atoms with van der Waals surface area (Å²) in [5.74, 6) is 0.938. The Morgan fingerprint density at radius 1 is 1.16 bits per heavy atom. The summed E-state index contributed by atoms with van der Waals surface area (Å²) in [6.07, 6.45) is 0.394. The first kappa shape index (κ1) is 21.6. The van der Waals surface area contributed by atoms with Crippen LogP contribution in [-0.2, 0) is 19.7 Å². The van der Waals surface area contributed by atoms with Gasteiger partial charge in [0.15, 0.2) is 0 Å². The first-order valence-corrected chi connectivity index (χ1v) is 9.85. The van der Waals surface area contributed by atoms with Gasteiger partial charge in [-0.15, -0.1) is 11.8 Å². The van der Waals surface area contributed by atoms with Crippen LogP contribution in [0.4, 0.5) is 0 Å². The molecule has 0 aliphatic rings. The van der Waals surface area contributed by atoms with Crippen molar-refractivity contribution in [3.05, 3.63) is 35.4 Å². The predicted molar refractivity (Wildman–Crippen MR) is 105 cm³/mol.